The third-order valence-corrected chi connectivity index (χ3v) is 2.75. The summed E-state index contributed by atoms with van der Waals surface area (Å²) in [6.45, 7) is 0. The van der Waals surface area contributed by atoms with Crippen LogP contribution in [0.5, 0.6) is 0 Å². The molecule has 0 bridgehead atoms. The van der Waals surface area contributed by atoms with Crippen LogP contribution < -0.4 is 5.73 Å². The highest BCUT2D eigenvalue weighted by Crippen LogP contribution is 2.18. The van der Waals surface area contributed by atoms with E-state index < -0.39 is 0 Å². The minimum atomic E-state index is -0.229. The summed E-state index contributed by atoms with van der Waals surface area (Å²) in [6, 6.07) is 12.4. The molecule has 0 fully saturated rings. The molecule has 0 aliphatic carbocycles. The van der Waals surface area contributed by atoms with Gasteiger partial charge in [0.05, 0.1) is 0 Å². The van der Waals surface area contributed by atoms with E-state index in [9.17, 15) is 4.79 Å². The number of H-pyrrole nitrogens is 1. The van der Waals surface area contributed by atoms with Crippen LogP contribution >= 0.6 is 0 Å². The number of nitrogens with one attached hydrogen (secondary N) is 1. The van der Waals surface area contributed by atoms with Crippen LogP contribution in [0.3, 0.4) is 0 Å². The van der Waals surface area contributed by atoms with E-state index in [0.717, 1.165) is 18.5 Å². The predicted octanol–water partition coefficient (Wildman–Crippen LogP) is 2.49. The Morgan fingerprint density at radius 3 is 2.53 bits per heavy atom. The van der Waals surface area contributed by atoms with Crippen molar-refractivity contribution >= 4 is 5.91 Å². The maximum atomic E-state index is 10.6. The molecule has 2 aromatic rings. The number of nitrogens with two attached hydrogens (primary N) is 1. The highest BCUT2D eigenvalue weighted by atomic mass is 16.1. The largest absolute Gasteiger partial charge is 0.370 e. The average molecular weight is 228 g/mol. The molecule has 1 aromatic heterocycles. The number of rotatable bonds is 5. The summed E-state index contributed by atoms with van der Waals surface area (Å²) in [4.78, 5) is 13.8. The Morgan fingerprint density at radius 2 is 1.94 bits per heavy atom. The van der Waals surface area contributed by atoms with Crippen LogP contribution in [0.15, 0.2) is 42.6 Å². The predicted molar refractivity (Wildman–Crippen MR) is 68.4 cm³/mol. The molecule has 1 heterocycles. The Morgan fingerprint density at radius 1 is 1.18 bits per heavy atom. The minimum Gasteiger partial charge on any atom is -0.370 e. The van der Waals surface area contributed by atoms with Crippen LogP contribution in [-0.2, 0) is 11.2 Å². The van der Waals surface area contributed by atoms with Crippen molar-refractivity contribution in [3.8, 4) is 11.3 Å². The molecule has 3 heteroatoms. The summed E-state index contributed by atoms with van der Waals surface area (Å²) in [7, 11) is 0. The number of aromatic nitrogens is 1. The maximum Gasteiger partial charge on any atom is 0.217 e. The lowest BCUT2D eigenvalue weighted by Gasteiger charge is -2.02. The van der Waals surface area contributed by atoms with E-state index in [0.29, 0.717) is 6.42 Å². The molecule has 1 amide bonds. The van der Waals surface area contributed by atoms with Crippen LogP contribution in [0.4, 0.5) is 0 Å². The van der Waals surface area contributed by atoms with Crippen LogP contribution in [0.1, 0.15) is 18.4 Å². The fraction of sp³-hybridized carbons (Fsp3) is 0.214. The quantitative estimate of drug-likeness (QED) is 0.811. The lowest BCUT2D eigenvalue weighted by molar-refractivity contribution is -0.118. The number of carbonyl (C=O) groups excluding carboxylic acids is 1. The van der Waals surface area contributed by atoms with Gasteiger partial charge in [0.25, 0.3) is 0 Å². The number of carbonyl (C=O) groups is 1. The van der Waals surface area contributed by atoms with Crippen molar-refractivity contribution in [1.82, 2.24) is 4.98 Å². The van der Waals surface area contributed by atoms with E-state index >= 15 is 0 Å². The Hall–Kier alpha value is -2.03. The van der Waals surface area contributed by atoms with Crippen LogP contribution in [0.2, 0.25) is 0 Å². The lowest BCUT2D eigenvalue weighted by Crippen LogP contribution is -2.10. The van der Waals surface area contributed by atoms with Gasteiger partial charge in [0.15, 0.2) is 0 Å². The van der Waals surface area contributed by atoms with Crippen molar-refractivity contribution in [2.24, 2.45) is 5.73 Å². The van der Waals surface area contributed by atoms with Crippen molar-refractivity contribution in [2.75, 3.05) is 0 Å². The van der Waals surface area contributed by atoms with Gasteiger partial charge in [-0.15, -0.1) is 0 Å². The monoisotopic (exact) mass is 228 g/mol. The lowest BCUT2D eigenvalue weighted by atomic mass is 10.0. The molecule has 0 spiro atoms. The van der Waals surface area contributed by atoms with Crippen molar-refractivity contribution in [3.05, 3.63) is 48.2 Å². The van der Waals surface area contributed by atoms with Crippen LogP contribution in [0.25, 0.3) is 11.3 Å². The number of hydrogen-bond donors (Lipinski definition) is 2. The Kier molecular flexibility index (Phi) is 3.60. The van der Waals surface area contributed by atoms with E-state index in [4.69, 9.17) is 5.73 Å². The average Bonchev–Trinajstić information content (AvgIpc) is 2.83. The minimum absolute atomic E-state index is 0.229. The van der Waals surface area contributed by atoms with Gasteiger partial charge < -0.3 is 10.7 Å². The Balaban J connectivity index is 1.96. The van der Waals surface area contributed by atoms with Crippen LogP contribution in [0, 0.1) is 0 Å². The second-order valence-corrected chi connectivity index (χ2v) is 4.10. The highest BCUT2D eigenvalue weighted by molar-refractivity contribution is 5.73. The summed E-state index contributed by atoms with van der Waals surface area (Å²) < 4.78 is 0. The SMILES string of the molecule is NC(=O)CCCc1ccc(-c2ccc[nH]2)cc1. The summed E-state index contributed by atoms with van der Waals surface area (Å²) in [5.74, 6) is -0.229. The molecular formula is C14H16N2O. The van der Waals surface area contributed by atoms with Crippen molar-refractivity contribution in [2.45, 2.75) is 19.3 Å². The highest BCUT2D eigenvalue weighted by Gasteiger charge is 1.99. The number of aromatic amines is 1. The van der Waals surface area contributed by atoms with E-state index in [-0.39, 0.29) is 5.91 Å². The summed E-state index contributed by atoms with van der Waals surface area (Å²) in [5, 5.41) is 0. The van der Waals surface area contributed by atoms with Crippen molar-refractivity contribution < 1.29 is 4.79 Å². The molecule has 0 aliphatic heterocycles. The normalized spacial score (nSPS) is 10.4. The fourth-order valence-electron chi connectivity index (χ4n) is 1.83. The topological polar surface area (TPSA) is 58.9 Å². The second kappa shape index (κ2) is 5.34. The molecule has 17 heavy (non-hydrogen) atoms. The van der Waals surface area contributed by atoms with Gasteiger partial charge in [0, 0.05) is 18.3 Å². The van der Waals surface area contributed by atoms with E-state index in [1.165, 1.54) is 11.1 Å². The smallest absolute Gasteiger partial charge is 0.217 e. The third-order valence-electron chi connectivity index (χ3n) is 2.75. The van der Waals surface area contributed by atoms with Gasteiger partial charge in [-0.1, -0.05) is 24.3 Å². The third kappa shape index (κ3) is 3.21. The van der Waals surface area contributed by atoms with E-state index in [2.05, 4.69) is 29.2 Å². The zero-order chi connectivity index (χ0) is 12.1. The first-order valence-corrected chi connectivity index (χ1v) is 5.77. The number of aryl methyl sites for hydroxylation is 1. The molecule has 0 saturated heterocycles. The molecule has 0 unspecified atom stereocenters. The second-order valence-electron chi connectivity index (χ2n) is 4.10. The number of amides is 1. The maximum absolute atomic E-state index is 10.6. The van der Waals surface area contributed by atoms with Crippen LogP contribution in [-0.4, -0.2) is 10.9 Å². The van der Waals surface area contributed by atoms with E-state index in [1.54, 1.807) is 0 Å². The molecule has 1 aromatic carbocycles. The summed E-state index contributed by atoms with van der Waals surface area (Å²) in [5.41, 5.74) is 8.63. The summed E-state index contributed by atoms with van der Waals surface area (Å²) in [6.07, 6.45) is 4.08. The van der Waals surface area contributed by atoms with Crippen molar-refractivity contribution in [3.63, 3.8) is 0 Å². The van der Waals surface area contributed by atoms with Gasteiger partial charge in [0.2, 0.25) is 5.91 Å². The number of benzene rings is 1. The first-order valence-electron chi connectivity index (χ1n) is 5.77. The zero-order valence-corrected chi connectivity index (χ0v) is 9.65. The molecule has 0 radical (unpaired) electrons. The van der Waals surface area contributed by atoms with Gasteiger partial charge in [-0.2, -0.15) is 0 Å². The zero-order valence-electron chi connectivity index (χ0n) is 9.65. The first kappa shape index (κ1) is 11.5. The number of hydrogen-bond acceptors (Lipinski definition) is 1. The molecule has 0 atom stereocenters. The van der Waals surface area contributed by atoms with Gasteiger partial charge in [0.1, 0.15) is 0 Å². The standard InChI is InChI=1S/C14H16N2O/c15-14(17)5-1-3-11-6-8-12(9-7-11)13-4-2-10-16-13/h2,4,6-10,16H,1,3,5H2,(H2,15,17). The van der Waals surface area contributed by atoms with Gasteiger partial charge in [-0.3, -0.25) is 4.79 Å². The fourth-order valence-corrected chi connectivity index (χ4v) is 1.83. The molecule has 3 nitrogen and oxygen atoms in total. The van der Waals surface area contributed by atoms with Gasteiger partial charge >= 0.3 is 0 Å². The van der Waals surface area contributed by atoms with Crippen molar-refractivity contribution in [1.29, 1.82) is 0 Å². The number of primary amides is 1. The van der Waals surface area contributed by atoms with Gasteiger partial charge in [-0.25, -0.2) is 0 Å². The van der Waals surface area contributed by atoms with Gasteiger partial charge in [-0.05, 0) is 36.1 Å². The Bertz CT molecular complexity index is 471. The first-order chi connectivity index (χ1) is 8.25. The van der Waals surface area contributed by atoms with E-state index in [1.807, 2.05) is 18.3 Å². The molecule has 88 valence electrons. The summed E-state index contributed by atoms with van der Waals surface area (Å²) >= 11 is 0. The molecule has 3 N–H and O–H groups in total. The molecular weight excluding hydrogens is 212 g/mol. The molecule has 2 rings (SSSR count). The Labute approximate surface area is 101 Å². The molecule has 0 saturated carbocycles. The molecule has 0 aliphatic rings.